The van der Waals surface area contributed by atoms with Crippen LogP contribution in [-0.2, 0) is 9.59 Å². The van der Waals surface area contributed by atoms with E-state index in [0.29, 0.717) is 13.1 Å². The number of nitrogens with two attached hydrogens (primary N) is 1. The predicted molar refractivity (Wildman–Crippen MR) is 70.9 cm³/mol. The molecule has 5 heteroatoms. The van der Waals surface area contributed by atoms with E-state index in [1.54, 1.807) is 4.90 Å². The summed E-state index contributed by atoms with van der Waals surface area (Å²) in [7, 11) is 0. The molecule has 1 rings (SSSR count). The average molecular weight is 255 g/mol. The summed E-state index contributed by atoms with van der Waals surface area (Å²) in [6, 6.07) is 0.242. The molecular weight excluding hydrogens is 230 g/mol. The molecule has 0 aromatic heterocycles. The zero-order valence-corrected chi connectivity index (χ0v) is 11.4. The first-order valence-corrected chi connectivity index (χ1v) is 6.89. The number of nitrogens with zero attached hydrogens (tertiary/aromatic N) is 1. The molecule has 0 aromatic carbocycles. The van der Waals surface area contributed by atoms with Crippen LogP contribution in [0.15, 0.2) is 0 Å². The van der Waals surface area contributed by atoms with Gasteiger partial charge >= 0.3 is 0 Å². The summed E-state index contributed by atoms with van der Waals surface area (Å²) in [5.74, 6) is 0.0255. The Bertz CT molecular complexity index is 282. The van der Waals surface area contributed by atoms with Gasteiger partial charge in [0.2, 0.25) is 11.8 Å². The van der Waals surface area contributed by atoms with Crippen LogP contribution in [0, 0.1) is 5.92 Å². The van der Waals surface area contributed by atoms with Gasteiger partial charge in [0, 0.05) is 25.0 Å². The molecule has 104 valence electrons. The van der Waals surface area contributed by atoms with Crippen molar-refractivity contribution in [3.05, 3.63) is 0 Å². The van der Waals surface area contributed by atoms with Gasteiger partial charge in [0.15, 0.2) is 0 Å². The zero-order valence-electron chi connectivity index (χ0n) is 11.4. The van der Waals surface area contributed by atoms with E-state index in [4.69, 9.17) is 5.73 Å². The Morgan fingerprint density at radius 2 is 1.72 bits per heavy atom. The zero-order chi connectivity index (χ0) is 13.5. The normalized spacial score (nSPS) is 23.5. The minimum absolute atomic E-state index is 0.00223. The second-order valence-corrected chi connectivity index (χ2v) is 4.90. The summed E-state index contributed by atoms with van der Waals surface area (Å²) in [5.41, 5.74) is 5.80. The van der Waals surface area contributed by atoms with Crippen LogP contribution in [0.3, 0.4) is 0 Å². The van der Waals surface area contributed by atoms with E-state index < -0.39 is 0 Å². The Balaban J connectivity index is 2.30. The Morgan fingerprint density at radius 3 is 2.22 bits per heavy atom. The lowest BCUT2D eigenvalue weighted by Gasteiger charge is -2.25. The van der Waals surface area contributed by atoms with Crippen molar-refractivity contribution in [2.24, 2.45) is 11.7 Å². The molecule has 1 saturated carbocycles. The van der Waals surface area contributed by atoms with Crippen LogP contribution in [0.2, 0.25) is 0 Å². The Labute approximate surface area is 109 Å². The Hall–Kier alpha value is -1.10. The molecule has 3 N–H and O–H groups in total. The Kier molecular flexibility index (Phi) is 6.12. The van der Waals surface area contributed by atoms with E-state index in [1.165, 1.54) is 0 Å². The number of hydrogen-bond donors (Lipinski definition) is 2. The van der Waals surface area contributed by atoms with Gasteiger partial charge in [-0.25, -0.2) is 0 Å². The first-order chi connectivity index (χ1) is 8.58. The molecule has 0 atom stereocenters. The summed E-state index contributed by atoms with van der Waals surface area (Å²) in [5, 5.41) is 2.75. The largest absolute Gasteiger partial charge is 0.347 e. The molecule has 0 heterocycles. The number of carbonyl (C=O) groups excluding carboxylic acids is 2. The fourth-order valence-electron chi connectivity index (χ4n) is 2.38. The molecular formula is C13H25N3O2. The summed E-state index contributed by atoms with van der Waals surface area (Å²) in [4.78, 5) is 25.3. The van der Waals surface area contributed by atoms with Crippen molar-refractivity contribution in [1.82, 2.24) is 10.2 Å². The fraction of sp³-hybridized carbons (Fsp3) is 0.846. The lowest BCUT2D eigenvalue weighted by Crippen LogP contribution is -2.43. The maximum absolute atomic E-state index is 11.9. The highest BCUT2D eigenvalue weighted by Crippen LogP contribution is 2.22. The van der Waals surface area contributed by atoms with Crippen LogP contribution in [0.5, 0.6) is 0 Å². The van der Waals surface area contributed by atoms with Gasteiger partial charge in [-0.15, -0.1) is 0 Å². The molecule has 0 radical (unpaired) electrons. The molecule has 0 saturated heterocycles. The monoisotopic (exact) mass is 255 g/mol. The van der Waals surface area contributed by atoms with E-state index in [-0.39, 0.29) is 30.3 Å². The van der Waals surface area contributed by atoms with E-state index in [1.807, 2.05) is 13.8 Å². The molecule has 0 bridgehead atoms. The third-order valence-corrected chi connectivity index (χ3v) is 3.67. The number of hydrogen-bond acceptors (Lipinski definition) is 3. The second kappa shape index (κ2) is 7.36. The molecule has 0 aliphatic heterocycles. The van der Waals surface area contributed by atoms with Gasteiger partial charge in [0.05, 0.1) is 6.54 Å². The van der Waals surface area contributed by atoms with E-state index in [9.17, 15) is 9.59 Å². The molecule has 0 spiro atoms. The van der Waals surface area contributed by atoms with Gasteiger partial charge < -0.3 is 16.0 Å². The highest BCUT2D eigenvalue weighted by molar-refractivity contribution is 5.85. The van der Waals surface area contributed by atoms with Crippen molar-refractivity contribution < 1.29 is 9.59 Å². The summed E-state index contributed by atoms with van der Waals surface area (Å²) in [6.45, 7) is 5.35. The number of rotatable bonds is 5. The maximum Gasteiger partial charge on any atom is 0.241 e. The van der Waals surface area contributed by atoms with Crippen molar-refractivity contribution in [3.63, 3.8) is 0 Å². The first kappa shape index (κ1) is 15.0. The molecule has 0 aromatic rings. The van der Waals surface area contributed by atoms with Crippen molar-refractivity contribution in [3.8, 4) is 0 Å². The third-order valence-electron chi connectivity index (χ3n) is 3.67. The van der Waals surface area contributed by atoms with Crippen LogP contribution in [0.1, 0.15) is 39.5 Å². The van der Waals surface area contributed by atoms with Crippen molar-refractivity contribution >= 4 is 11.8 Å². The van der Waals surface area contributed by atoms with Gasteiger partial charge in [0.1, 0.15) is 0 Å². The smallest absolute Gasteiger partial charge is 0.241 e. The number of likely N-dealkylation sites (N-methyl/N-ethyl adjacent to an activating group) is 1. The van der Waals surface area contributed by atoms with Crippen LogP contribution >= 0.6 is 0 Å². The second-order valence-electron chi connectivity index (χ2n) is 4.90. The molecule has 18 heavy (non-hydrogen) atoms. The number of nitrogens with one attached hydrogen (secondary N) is 1. The van der Waals surface area contributed by atoms with Gasteiger partial charge in [-0.05, 0) is 39.5 Å². The topological polar surface area (TPSA) is 75.4 Å². The molecule has 1 aliphatic rings. The van der Waals surface area contributed by atoms with E-state index in [2.05, 4.69) is 5.32 Å². The molecule has 1 aliphatic carbocycles. The van der Waals surface area contributed by atoms with Gasteiger partial charge in [-0.2, -0.15) is 0 Å². The van der Waals surface area contributed by atoms with Crippen LogP contribution < -0.4 is 11.1 Å². The lowest BCUT2D eigenvalue weighted by molar-refractivity contribution is -0.134. The van der Waals surface area contributed by atoms with Gasteiger partial charge in [-0.1, -0.05) is 0 Å². The van der Waals surface area contributed by atoms with Crippen molar-refractivity contribution in [2.75, 3.05) is 19.6 Å². The highest BCUT2D eigenvalue weighted by atomic mass is 16.2. The minimum atomic E-state index is -0.0131. The number of amides is 2. The fourth-order valence-corrected chi connectivity index (χ4v) is 2.38. The SMILES string of the molecule is CCN(CC)C(=O)CNC(=O)C1CCC(N)CC1. The van der Waals surface area contributed by atoms with Gasteiger partial charge in [-0.3, -0.25) is 9.59 Å². The summed E-state index contributed by atoms with van der Waals surface area (Å²) >= 11 is 0. The van der Waals surface area contributed by atoms with Crippen LogP contribution in [0.4, 0.5) is 0 Å². The predicted octanol–water partition coefficient (Wildman–Crippen LogP) is 0.489. The standard InChI is InChI=1S/C13H25N3O2/c1-3-16(4-2)12(17)9-15-13(18)10-5-7-11(14)8-6-10/h10-11H,3-9,14H2,1-2H3,(H,15,18). The highest BCUT2D eigenvalue weighted by Gasteiger charge is 2.24. The minimum Gasteiger partial charge on any atom is -0.347 e. The van der Waals surface area contributed by atoms with E-state index >= 15 is 0 Å². The van der Waals surface area contributed by atoms with E-state index in [0.717, 1.165) is 25.7 Å². The van der Waals surface area contributed by atoms with Crippen LogP contribution in [-0.4, -0.2) is 42.4 Å². The summed E-state index contributed by atoms with van der Waals surface area (Å²) < 4.78 is 0. The molecule has 5 nitrogen and oxygen atoms in total. The van der Waals surface area contributed by atoms with Crippen molar-refractivity contribution in [1.29, 1.82) is 0 Å². The average Bonchev–Trinajstić information content (AvgIpc) is 2.38. The molecule has 2 amide bonds. The summed E-state index contributed by atoms with van der Waals surface area (Å²) in [6.07, 6.45) is 3.49. The van der Waals surface area contributed by atoms with Crippen molar-refractivity contribution in [2.45, 2.75) is 45.6 Å². The quantitative estimate of drug-likeness (QED) is 0.750. The lowest BCUT2D eigenvalue weighted by atomic mass is 9.86. The Morgan fingerprint density at radius 1 is 1.17 bits per heavy atom. The molecule has 0 unspecified atom stereocenters. The number of carbonyl (C=O) groups is 2. The van der Waals surface area contributed by atoms with Crippen LogP contribution in [0.25, 0.3) is 0 Å². The first-order valence-electron chi connectivity index (χ1n) is 6.89. The molecule has 1 fully saturated rings. The third kappa shape index (κ3) is 4.29. The van der Waals surface area contributed by atoms with Gasteiger partial charge in [0.25, 0.3) is 0 Å². The maximum atomic E-state index is 11.9.